The number of β-amino-alcohol motifs (C(OH)–C–C–N with tert-alkyl or cyclic N) is 1. The molecule has 0 radical (unpaired) electrons. The molecular weight excluding hydrogens is 464 g/mol. The summed E-state index contributed by atoms with van der Waals surface area (Å²) < 4.78 is 38.4. The number of carbonyl (C=O) groups excluding carboxylic acids is 1. The first kappa shape index (κ1) is 28.0. The summed E-state index contributed by atoms with van der Waals surface area (Å²) in [6.07, 6.45) is 4.25. The predicted octanol–water partition coefficient (Wildman–Crippen LogP) is 5.15. The number of rotatable bonds is 12. The number of benzene rings is 2. The molecule has 0 heterocycles. The van der Waals surface area contributed by atoms with Gasteiger partial charge in [-0.3, -0.25) is 0 Å². The van der Waals surface area contributed by atoms with E-state index < -0.39 is 29.8 Å². The zero-order valence-electron chi connectivity index (χ0n) is 21.5. The van der Waals surface area contributed by atoms with Crippen molar-refractivity contribution < 1.29 is 28.2 Å². The second-order valence-electron chi connectivity index (χ2n) is 10.1. The van der Waals surface area contributed by atoms with E-state index >= 15 is 0 Å². The third-order valence-corrected chi connectivity index (χ3v) is 6.54. The molecule has 0 amide bonds. The average molecular weight is 502 g/mol. The number of fused-ring (bicyclic) bond motifs is 1. The van der Waals surface area contributed by atoms with Gasteiger partial charge in [-0.25, -0.2) is 13.6 Å². The van der Waals surface area contributed by atoms with Crippen LogP contribution >= 0.6 is 0 Å². The van der Waals surface area contributed by atoms with E-state index in [0.717, 1.165) is 37.5 Å². The normalized spacial score (nSPS) is 15.8. The van der Waals surface area contributed by atoms with Gasteiger partial charge in [0.25, 0.3) is 0 Å². The minimum Gasteiger partial charge on any atom is -0.463 e. The third-order valence-electron chi connectivity index (χ3n) is 6.54. The highest BCUT2D eigenvalue weighted by molar-refractivity contribution is 5.87. The first-order valence-electron chi connectivity index (χ1n) is 12.5. The van der Waals surface area contributed by atoms with E-state index in [0.29, 0.717) is 23.6 Å². The second kappa shape index (κ2) is 12.6. The van der Waals surface area contributed by atoms with E-state index in [-0.39, 0.29) is 18.8 Å². The summed E-state index contributed by atoms with van der Waals surface area (Å²) in [5.41, 5.74) is 3.37. The fraction of sp³-hybridized carbons (Fsp3) is 0.483. The van der Waals surface area contributed by atoms with Gasteiger partial charge >= 0.3 is 5.97 Å². The van der Waals surface area contributed by atoms with Crippen LogP contribution in [-0.4, -0.2) is 42.5 Å². The Morgan fingerprint density at radius 1 is 1.19 bits per heavy atom. The lowest BCUT2D eigenvalue weighted by molar-refractivity contribution is -0.137. The highest BCUT2D eigenvalue weighted by Gasteiger charge is 2.28. The first-order chi connectivity index (χ1) is 17.1. The van der Waals surface area contributed by atoms with Crippen molar-refractivity contribution in [2.24, 2.45) is 5.92 Å². The van der Waals surface area contributed by atoms with Crippen molar-refractivity contribution in [3.05, 3.63) is 76.4 Å². The van der Waals surface area contributed by atoms with Crippen LogP contribution < -0.4 is 5.32 Å². The lowest BCUT2D eigenvalue weighted by atomic mass is 9.88. The molecular formula is C29H37F2NO4. The predicted molar refractivity (Wildman–Crippen MR) is 136 cm³/mol. The van der Waals surface area contributed by atoms with E-state index in [2.05, 4.69) is 43.4 Å². The summed E-state index contributed by atoms with van der Waals surface area (Å²) in [7, 11) is 0. The molecule has 0 aliphatic heterocycles. The molecule has 2 N–H and O–H groups in total. The summed E-state index contributed by atoms with van der Waals surface area (Å²) in [5.74, 6) is -2.04. The molecule has 196 valence electrons. The average Bonchev–Trinajstić information content (AvgIpc) is 3.23. The number of aliphatic hydroxyl groups is 1. The van der Waals surface area contributed by atoms with Gasteiger partial charge in [0.05, 0.1) is 25.4 Å². The van der Waals surface area contributed by atoms with Crippen LogP contribution in [0, 0.1) is 17.6 Å². The fourth-order valence-electron chi connectivity index (χ4n) is 4.81. The van der Waals surface area contributed by atoms with Crippen molar-refractivity contribution in [2.45, 2.75) is 64.7 Å². The summed E-state index contributed by atoms with van der Waals surface area (Å²) in [5, 5.41) is 14.0. The second-order valence-corrected chi connectivity index (χ2v) is 10.1. The maximum atomic E-state index is 13.9. The molecule has 5 nitrogen and oxygen atoms in total. The van der Waals surface area contributed by atoms with Crippen molar-refractivity contribution in [1.82, 2.24) is 5.32 Å². The molecule has 1 aliphatic carbocycles. The molecule has 0 fully saturated rings. The minimum absolute atomic E-state index is 0.0130. The summed E-state index contributed by atoms with van der Waals surface area (Å²) in [6.45, 7) is 8.21. The lowest BCUT2D eigenvalue weighted by Gasteiger charge is -2.31. The van der Waals surface area contributed by atoms with Crippen LogP contribution in [-0.2, 0) is 27.1 Å². The smallest absolute Gasteiger partial charge is 0.330 e. The van der Waals surface area contributed by atoms with Crippen LogP contribution in [0.25, 0.3) is 6.08 Å². The Labute approximate surface area is 212 Å². The van der Waals surface area contributed by atoms with Crippen LogP contribution in [0.5, 0.6) is 0 Å². The Bertz CT molecular complexity index is 1040. The standard InChI is InChI=1S/C29H37F2NO4/c1-5-35-28(34)11-10-23-14-26(30)27(31)15-25(23)19(2)36-18-24(33)17-32-29(3,4)16-20-12-21-8-6-7-9-22(21)13-20/h6-11,14-15,19-20,24,32-33H,5,12-13,16-18H2,1-4H3/t19-,24-/m1/s1. The summed E-state index contributed by atoms with van der Waals surface area (Å²) >= 11 is 0. The van der Waals surface area contributed by atoms with E-state index in [9.17, 15) is 18.7 Å². The number of esters is 1. The number of hydrogen-bond donors (Lipinski definition) is 2. The van der Waals surface area contributed by atoms with Crippen molar-refractivity contribution >= 4 is 12.0 Å². The number of ether oxygens (including phenoxy) is 2. The Balaban J connectivity index is 1.51. The van der Waals surface area contributed by atoms with E-state index in [1.54, 1.807) is 13.8 Å². The molecule has 0 bridgehead atoms. The van der Waals surface area contributed by atoms with Crippen molar-refractivity contribution in [3.63, 3.8) is 0 Å². The molecule has 2 aromatic carbocycles. The molecule has 2 atom stereocenters. The largest absolute Gasteiger partial charge is 0.463 e. The van der Waals surface area contributed by atoms with Gasteiger partial charge in [0, 0.05) is 18.2 Å². The van der Waals surface area contributed by atoms with Crippen molar-refractivity contribution in [3.8, 4) is 0 Å². The molecule has 0 saturated carbocycles. The number of hydrogen-bond acceptors (Lipinski definition) is 5. The van der Waals surface area contributed by atoms with E-state index in [4.69, 9.17) is 9.47 Å². The lowest BCUT2D eigenvalue weighted by Crippen LogP contribution is -2.45. The zero-order valence-corrected chi connectivity index (χ0v) is 21.5. The van der Waals surface area contributed by atoms with Gasteiger partial charge in [-0.2, -0.15) is 0 Å². The molecule has 36 heavy (non-hydrogen) atoms. The zero-order chi connectivity index (χ0) is 26.3. The van der Waals surface area contributed by atoms with Crippen LogP contribution in [0.2, 0.25) is 0 Å². The molecule has 7 heteroatoms. The fourth-order valence-corrected chi connectivity index (χ4v) is 4.81. The quantitative estimate of drug-likeness (QED) is 0.311. The van der Waals surface area contributed by atoms with Gasteiger partial charge in [-0.05, 0) is 93.3 Å². The first-order valence-corrected chi connectivity index (χ1v) is 12.5. The maximum Gasteiger partial charge on any atom is 0.330 e. The molecule has 0 unspecified atom stereocenters. The van der Waals surface area contributed by atoms with Crippen LogP contribution in [0.3, 0.4) is 0 Å². The molecule has 0 spiro atoms. The van der Waals surface area contributed by atoms with Crippen LogP contribution in [0.4, 0.5) is 8.78 Å². The molecule has 0 saturated heterocycles. The number of halogens is 2. The minimum atomic E-state index is -1.02. The summed E-state index contributed by atoms with van der Waals surface area (Å²) in [6, 6.07) is 10.6. The third kappa shape index (κ3) is 7.95. The Morgan fingerprint density at radius 3 is 2.47 bits per heavy atom. The van der Waals surface area contributed by atoms with Gasteiger partial charge in [-0.15, -0.1) is 0 Å². The molecule has 3 rings (SSSR count). The Morgan fingerprint density at radius 2 is 1.83 bits per heavy atom. The Kier molecular flexibility index (Phi) is 9.77. The SMILES string of the molecule is CCOC(=O)C=Cc1cc(F)c(F)cc1[C@@H](C)OC[C@H](O)CNC(C)(C)CC1Cc2ccccc2C1. The Hall–Kier alpha value is -2.61. The van der Waals surface area contributed by atoms with Gasteiger partial charge in [0.2, 0.25) is 0 Å². The van der Waals surface area contributed by atoms with Gasteiger partial charge in [-0.1, -0.05) is 24.3 Å². The van der Waals surface area contributed by atoms with Gasteiger partial charge in [0.1, 0.15) is 0 Å². The van der Waals surface area contributed by atoms with Crippen molar-refractivity contribution in [1.29, 1.82) is 0 Å². The van der Waals surface area contributed by atoms with Crippen LogP contribution in [0.1, 0.15) is 62.5 Å². The molecule has 1 aliphatic rings. The van der Waals surface area contributed by atoms with Crippen molar-refractivity contribution in [2.75, 3.05) is 19.8 Å². The molecule has 2 aromatic rings. The number of nitrogens with one attached hydrogen (secondary N) is 1. The van der Waals surface area contributed by atoms with Gasteiger partial charge in [0.15, 0.2) is 11.6 Å². The topological polar surface area (TPSA) is 67.8 Å². The van der Waals surface area contributed by atoms with Gasteiger partial charge < -0.3 is 19.9 Å². The number of carbonyl (C=O) groups is 1. The highest BCUT2D eigenvalue weighted by Crippen LogP contribution is 2.32. The number of aliphatic hydroxyl groups excluding tert-OH is 1. The van der Waals surface area contributed by atoms with E-state index in [1.165, 1.54) is 17.2 Å². The monoisotopic (exact) mass is 501 g/mol. The van der Waals surface area contributed by atoms with Crippen LogP contribution in [0.15, 0.2) is 42.5 Å². The maximum absolute atomic E-state index is 13.9. The molecule has 0 aromatic heterocycles. The summed E-state index contributed by atoms with van der Waals surface area (Å²) in [4.78, 5) is 11.6. The highest BCUT2D eigenvalue weighted by atomic mass is 19.2. The van der Waals surface area contributed by atoms with E-state index in [1.807, 2.05) is 0 Å².